The van der Waals surface area contributed by atoms with Crippen LogP contribution in [0.5, 0.6) is 5.75 Å². The number of hydrogen-bond acceptors (Lipinski definition) is 2. The molecule has 2 aromatic carbocycles. The third-order valence-electron chi connectivity index (χ3n) is 3.24. The molecule has 1 heterocycles. The van der Waals surface area contributed by atoms with E-state index in [0.29, 0.717) is 22.0 Å². The topological polar surface area (TPSA) is 29.5 Å². The van der Waals surface area contributed by atoms with Gasteiger partial charge >= 0.3 is 0 Å². The fraction of sp³-hybridized carbons (Fsp3) is 0.133. The molecular formula is C15H10ClFINO2. The highest BCUT2D eigenvalue weighted by Gasteiger charge is 2.27. The van der Waals surface area contributed by atoms with Crippen LogP contribution in [0.25, 0.3) is 0 Å². The number of ether oxygens (including phenoxy) is 1. The number of carbonyl (C=O) groups is 1. The molecule has 2 aromatic rings. The molecule has 0 saturated heterocycles. The number of carbonyl (C=O) groups excluding carboxylic acids is 1. The standard InChI is InChI=1S/C15H10ClFINO2/c16-11-2-1-3-12(17)10(11)7-19-13-5-4-9(18)6-14(13)21-8-15(19)20/h1-6H,7-8H2. The Bertz CT molecular complexity index is 703. The molecule has 21 heavy (non-hydrogen) atoms. The van der Waals surface area contributed by atoms with E-state index < -0.39 is 5.82 Å². The summed E-state index contributed by atoms with van der Waals surface area (Å²) in [5, 5.41) is 0.307. The van der Waals surface area contributed by atoms with Gasteiger partial charge in [-0.3, -0.25) is 4.79 Å². The lowest BCUT2D eigenvalue weighted by atomic mass is 10.1. The Labute approximate surface area is 139 Å². The van der Waals surface area contributed by atoms with Crippen molar-refractivity contribution in [2.45, 2.75) is 6.54 Å². The zero-order chi connectivity index (χ0) is 15.0. The maximum atomic E-state index is 13.9. The van der Waals surface area contributed by atoms with Gasteiger partial charge in [0.15, 0.2) is 6.61 Å². The van der Waals surface area contributed by atoms with Crippen molar-refractivity contribution in [2.24, 2.45) is 0 Å². The molecule has 0 atom stereocenters. The summed E-state index contributed by atoms with van der Waals surface area (Å²) < 4.78 is 20.3. The Morgan fingerprint density at radius 1 is 1.33 bits per heavy atom. The first-order chi connectivity index (χ1) is 10.1. The average Bonchev–Trinajstić information content (AvgIpc) is 2.45. The van der Waals surface area contributed by atoms with Crippen molar-refractivity contribution in [1.82, 2.24) is 0 Å². The van der Waals surface area contributed by atoms with Gasteiger partial charge in [-0.1, -0.05) is 17.7 Å². The monoisotopic (exact) mass is 417 g/mol. The Balaban J connectivity index is 2.01. The van der Waals surface area contributed by atoms with Crippen molar-refractivity contribution in [1.29, 1.82) is 0 Å². The van der Waals surface area contributed by atoms with E-state index in [2.05, 4.69) is 22.6 Å². The number of benzene rings is 2. The molecule has 1 aliphatic rings. The van der Waals surface area contributed by atoms with Crippen LogP contribution in [0.15, 0.2) is 36.4 Å². The first kappa shape index (κ1) is 14.6. The maximum absolute atomic E-state index is 13.9. The van der Waals surface area contributed by atoms with Gasteiger partial charge in [-0.25, -0.2) is 4.39 Å². The van der Waals surface area contributed by atoms with Crippen molar-refractivity contribution in [3.05, 3.63) is 56.4 Å². The Kier molecular flexibility index (Phi) is 4.03. The van der Waals surface area contributed by atoms with Crippen LogP contribution in [0.1, 0.15) is 5.56 Å². The van der Waals surface area contributed by atoms with Crippen LogP contribution in [-0.4, -0.2) is 12.5 Å². The highest BCUT2D eigenvalue weighted by molar-refractivity contribution is 14.1. The van der Waals surface area contributed by atoms with Gasteiger partial charge < -0.3 is 9.64 Å². The normalized spacial score (nSPS) is 13.9. The van der Waals surface area contributed by atoms with E-state index in [4.69, 9.17) is 16.3 Å². The van der Waals surface area contributed by atoms with Crippen LogP contribution in [0, 0.1) is 9.39 Å². The van der Waals surface area contributed by atoms with E-state index in [-0.39, 0.29) is 19.1 Å². The lowest BCUT2D eigenvalue weighted by molar-refractivity contribution is -0.121. The second kappa shape index (κ2) is 5.81. The van der Waals surface area contributed by atoms with E-state index in [1.165, 1.54) is 11.0 Å². The highest BCUT2D eigenvalue weighted by Crippen LogP contribution is 2.35. The Morgan fingerprint density at radius 2 is 2.14 bits per heavy atom. The van der Waals surface area contributed by atoms with Gasteiger partial charge in [-0.2, -0.15) is 0 Å². The molecule has 0 aromatic heterocycles. The van der Waals surface area contributed by atoms with Gasteiger partial charge in [-0.15, -0.1) is 0 Å². The smallest absolute Gasteiger partial charge is 0.265 e. The molecular weight excluding hydrogens is 408 g/mol. The fourth-order valence-electron chi connectivity index (χ4n) is 2.19. The zero-order valence-corrected chi connectivity index (χ0v) is 13.7. The number of nitrogens with zero attached hydrogens (tertiary/aromatic N) is 1. The first-order valence-electron chi connectivity index (χ1n) is 6.22. The SMILES string of the molecule is O=C1COc2cc(I)ccc2N1Cc1c(F)cccc1Cl. The number of fused-ring (bicyclic) bond motifs is 1. The van der Waals surface area contributed by atoms with Crippen molar-refractivity contribution in [2.75, 3.05) is 11.5 Å². The van der Waals surface area contributed by atoms with Gasteiger partial charge in [0.05, 0.1) is 12.2 Å². The lowest BCUT2D eigenvalue weighted by Crippen LogP contribution is -2.38. The predicted octanol–water partition coefficient (Wildman–Crippen LogP) is 4.01. The summed E-state index contributed by atoms with van der Waals surface area (Å²) in [5.74, 6) is -0.0224. The Morgan fingerprint density at radius 3 is 2.90 bits per heavy atom. The predicted molar refractivity (Wildman–Crippen MR) is 87.3 cm³/mol. The molecule has 0 radical (unpaired) electrons. The molecule has 1 amide bonds. The van der Waals surface area contributed by atoms with E-state index in [9.17, 15) is 9.18 Å². The van der Waals surface area contributed by atoms with Crippen LogP contribution in [-0.2, 0) is 11.3 Å². The molecule has 0 aliphatic carbocycles. The molecule has 3 rings (SSSR count). The summed E-state index contributed by atoms with van der Waals surface area (Å²) in [5.41, 5.74) is 0.935. The van der Waals surface area contributed by atoms with Crippen molar-refractivity contribution < 1.29 is 13.9 Å². The number of halogens is 3. The third kappa shape index (κ3) is 2.85. The third-order valence-corrected chi connectivity index (χ3v) is 4.27. The molecule has 0 spiro atoms. The molecule has 0 saturated carbocycles. The Hall–Kier alpha value is -1.34. The minimum atomic E-state index is -0.422. The van der Waals surface area contributed by atoms with E-state index >= 15 is 0 Å². The summed E-state index contributed by atoms with van der Waals surface area (Å²) in [7, 11) is 0. The quantitative estimate of drug-likeness (QED) is 0.691. The molecule has 0 bridgehead atoms. The van der Waals surface area contributed by atoms with Crippen LogP contribution in [0.2, 0.25) is 5.02 Å². The average molecular weight is 418 g/mol. The summed E-state index contributed by atoms with van der Waals surface area (Å²) in [4.78, 5) is 13.6. The van der Waals surface area contributed by atoms with E-state index in [1.54, 1.807) is 18.2 Å². The fourth-order valence-corrected chi connectivity index (χ4v) is 2.88. The van der Waals surface area contributed by atoms with Gasteiger partial charge in [0.1, 0.15) is 11.6 Å². The van der Waals surface area contributed by atoms with E-state index in [0.717, 1.165) is 3.57 Å². The van der Waals surface area contributed by atoms with E-state index in [1.807, 2.05) is 12.1 Å². The van der Waals surface area contributed by atoms with Crippen molar-refractivity contribution >= 4 is 45.8 Å². The van der Waals surface area contributed by atoms with Gasteiger partial charge in [0.2, 0.25) is 0 Å². The van der Waals surface area contributed by atoms with Crippen LogP contribution in [0.3, 0.4) is 0 Å². The largest absolute Gasteiger partial charge is 0.482 e. The summed E-state index contributed by atoms with van der Waals surface area (Å²) in [6.07, 6.45) is 0. The zero-order valence-electron chi connectivity index (χ0n) is 10.8. The minimum Gasteiger partial charge on any atom is -0.482 e. The van der Waals surface area contributed by atoms with Crippen molar-refractivity contribution in [3.63, 3.8) is 0 Å². The number of rotatable bonds is 2. The van der Waals surface area contributed by atoms with Crippen LogP contribution >= 0.6 is 34.2 Å². The molecule has 3 nitrogen and oxygen atoms in total. The molecule has 6 heteroatoms. The van der Waals surface area contributed by atoms with Crippen LogP contribution in [0.4, 0.5) is 10.1 Å². The van der Waals surface area contributed by atoms with Crippen molar-refractivity contribution in [3.8, 4) is 5.75 Å². The second-order valence-electron chi connectivity index (χ2n) is 4.58. The molecule has 1 aliphatic heterocycles. The van der Waals surface area contributed by atoms with Gasteiger partial charge in [-0.05, 0) is 52.9 Å². The number of amides is 1. The lowest BCUT2D eigenvalue weighted by Gasteiger charge is -2.29. The number of anilines is 1. The maximum Gasteiger partial charge on any atom is 0.265 e. The summed E-state index contributed by atoms with van der Waals surface area (Å²) >= 11 is 8.21. The first-order valence-corrected chi connectivity index (χ1v) is 7.67. The van der Waals surface area contributed by atoms with Gasteiger partial charge in [0.25, 0.3) is 5.91 Å². The van der Waals surface area contributed by atoms with Crippen LogP contribution < -0.4 is 9.64 Å². The summed E-state index contributed by atoms with van der Waals surface area (Å²) in [6, 6.07) is 10.00. The molecule has 108 valence electrons. The molecule has 0 unspecified atom stereocenters. The van der Waals surface area contributed by atoms with Gasteiger partial charge in [0, 0.05) is 14.2 Å². The highest BCUT2D eigenvalue weighted by atomic mass is 127. The summed E-state index contributed by atoms with van der Waals surface area (Å²) in [6.45, 7) is 0.0282. The molecule has 0 fully saturated rings. The second-order valence-corrected chi connectivity index (χ2v) is 6.23. The molecule has 0 N–H and O–H groups in total. The number of hydrogen-bond donors (Lipinski definition) is 0. The minimum absolute atomic E-state index is 0.0564.